The smallest absolute Gasteiger partial charge is 0.234 e. The molecule has 14 heavy (non-hydrogen) atoms. The van der Waals surface area contributed by atoms with Crippen molar-refractivity contribution in [3.05, 3.63) is 0 Å². The van der Waals surface area contributed by atoms with E-state index in [0.29, 0.717) is 6.54 Å². The van der Waals surface area contributed by atoms with Gasteiger partial charge in [0.05, 0.1) is 6.54 Å². The number of rotatable bonds is 7. The molecule has 0 aromatic carbocycles. The van der Waals surface area contributed by atoms with E-state index in [1.165, 1.54) is 0 Å². The van der Waals surface area contributed by atoms with Gasteiger partial charge in [-0.25, -0.2) is 0 Å². The average molecular weight is 202 g/mol. The van der Waals surface area contributed by atoms with E-state index < -0.39 is 0 Å². The van der Waals surface area contributed by atoms with Gasteiger partial charge in [0.25, 0.3) is 0 Å². The van der Waals surface area contributed by atoms with Crippen LogP contribution < -0.4 is 10.6 Å². The Kier molecular flexibility index (Phi) is 7.42. The van der Waals surface area contributed by atoms with Gasteiger partial charge in [-0.15, -0.1) is 0 Å². The number of aliphatic hydroxyl groups excluding tert-OH is 1. The summed E-state index contributed by atoms with van der Waals surface area (Å²) >= 11 is 0. The molecular formula is C10H22N2O2. The molecule has 1 atom stereocenters. The molecule has 0 fully saturated rings. The molecular weight excluding hydrogens is 180 g/mol. The lowest BCUT2D eigenvalue weighted by Gasteiger charge is -2.14. The predicted molar refractivity (Wildman–Crippen MR) is 57.1 cm³/mol. The Hall–Kier alpha value is -0.610. The van der Waals surface area contributed by atoms with E-state index in [1.54, 1.807) is 0 Å². The quantitative estimate of drug-likeness (QED) is 0.555. The van der Waals surface area contributed by atoms with Crippen LogP contribution in [0.3, 0.4) is 0 Å². The van der Waals surface area contributed by atoms with Gasteiger partial charge in [0, 0.05) is 18.7 Å². The zero-order valence-corrected chi connectivity index (χ0v) is 9.34. The lowest BCUT2D eigenvalue weighted by atomic mass is 10.2. The summed E-state index contributed by atoms with van der Waals surface area (Å²) in [5.74, 6) is 0.0239. The van der Waals surface area contributed by atoms with Crippen molar-refractivity contribution in [2.24, 2.45) is 0 Å². The Morgan fingerprint density at radius 2 is 2.00 bits per heavy atom. The normalized spacial score (nSPS) is 12.9. The molecule has 4 heteroatoms. The Bertz CT molecular complexity index is 160. The molecule has 4 nitrogen and oxygen atoms in total. The van der Waals surface area contributed by atoms with Crippen LogP contribution in [0.5, 0.6) is 0 Å². The summed E-state index contributed by atoms with van der Waals surface area (Å²) in [6.45, 7) is 6.45. The van der Waals surface area contributed by atoms with Gasteiger partial charge in [-0.05, 0) is 33.6 Å². The van der Waals surface area contributed by atoms with Crippen LogP contribution in [0.4, 0.5) is 0 Å². The SMILES string of the molecule is CC(C)NC(=O)CNC(C)CCCO. The first-order valence-electron chi connectivity index (χ1n) is 5.20. The molecule has 3 N–H and O–H groups in total. The van der Waals surface area contributed by atoms with E-state index >= 15 is 0 Å². The molecule has 0 aliphatic rings. The van der Waals surface area contributed by atoms with E-state index in [4.69, 9.17) is 5.11 Å². The van der Waals surface area contributed by atoms with Crippen LogP contribution in [-0.2, 0) is 4.79 Å². The van der Waals surface area contributed by atoms with Crippen LogP contribution in [0.1, 0.15) is 33.6 Å². The number of amides is 1. The Balaban J connectivity index is 3.45. The van der Waals surface area contributed by atoms with Crippen molar-refractivity contribution < 1.29 is 9.90 Å². The summed E-state index contributed by atoms with van der Waals surface area (Å²) in [6, 6.07) is 0.470. The van der Waals surface area contributed by atoms with Gasteiger partial charge in [-0.1, -0.05) is 0 Å². The highest BCUT2D eigenvalue weighted by molar-refractivity contribution is 5.78. The highest BCUT2D eigenvalue weighted by Gasteiger charge is 2.05. The predicted octanol–water partition coefficient (Wildman–Crippen LogP) is 0.262. The monoisotopic (exact) mass is 202 g/mol. The summed E-state index contributed by atoms with van der Waals surface area (Å²) in [7, 11) is 0. The third kappa shape index (κ3) is 8.01. The van der Waals surface area contributed by atoms with E-state index in [9.17, 15) is 4.79 Å². The molecule has 0 aliphatic heterocycles. The summed E-state index contributed by atoms with van der Waals surface area (Å²) in [5.41, 5.74) is 0. The topological polar surface area (TPSA) is 61.4 Å². The zero-order valence-electron chi connectivity index (χ0n) is 9.34. The molecule has 84 valence electrons. The molecule has 0 heterocycles. The molecule has 1 unspecified atom stereocenters. The summed E-state index contributed by atoms with van der Waals surface area (Å²) in [4.78, 5) is 11.2. The molecule has 0 aromatic rings. The fourth-order valence-corrected chi connectivity index (χ4v) is 1.14. The van der Waals surface area contributed by atoms with E-state index in [2.05, 4.69) is 10.6 Å². The highest BCUT2D eigenvalue weighted by Crippen LogP contribution is 1.94. The minimum Gasteiger partial charge on any atom is -0.396 e. The number of aliphatic hydroxyl groups is 1. The maximum Gasteiger partial charge on any atom is 0.234 e. The van der Waals surface area contributed by atoms with Gasteiger partial charge < -0.3 is 15.7 Å². The van der Waals surface area contributed by atoms with Crippen LogP contribution in [0.2, 0.25) is 0 Å². The van der Waals surface area contributed by atoms with Crippen molar-refractivity contribution in [3.8, 4) is 0 Å². The van der Waals surface area contributed by atoms with Crippen LogP contribution >= 0.6 is 0 Å². The lowest BCUT2D eigenvalue weighted by molar-refractivity contribution is -0.120. The highest BCUT2D eigenvalue weighted by atomic mass is 16.2. The van der Waals surface area contributed by atoms with Crippen molar-refractivity contribution in [2.75, 3.05) is 13.2 Å². The summed E-state index contributed by atoms with van der Waals surface area (Å²) in [6.07, 6.45) is 1.67. The molecule has 0 aliphatic carbocycles. The van der Waals surface area contributed by atoms with Crippen LogP contribution in [-0.4, -0.2) is 36.2 Å². The number of carbonyl (C=O) groups is 1. The first-order chi connectivity index (χ1) is 6.56. The van der Waals surface area contributed by atoms with Crippen LogP contribution in [0.15, 0.2) is 0 Å². The van der Waals surface area contributed by atoms with Crippen molar-refractivity contribution >= 4 is 5.91 Å². The maximum absolute atomic E-state index is 11.2. The second kappa shape index (κ2) is 7.76. The van der Waals surface area contributed by atoms with Gasteiger partial charge in [0.15, 0.2) is 0 Å². The van der Waals surface area contributed by atoms with Crippen molar-refractivity contribution in [1.82, 2.24) is 10.6 Å². The van der Waals surface area contributed by atoms with Crippen molar-refractivity contribution in [1.29, 1.82) is 0 Å². The Morgan fingerprint density at radius 1 is 1.36 bits per heavy atom. The fraction of sp³-hybridized carbons (Fsp3) is 0.900. The minimum absolute atomic E-state index is 0.0239. The Morgan fingerprint density at radius 3 is 2.50 bits per heavy atom. The molecule has 0 bridgehead atoms. The van der Waals surface area contributed by atoms with E-state index in [-0.39, 0.29) is 24.6 Å². The third-order valence-corrected chi connectivity index (χ3v) is 1.86. The van der Waals surface area contributed by atoms with Gasteiger partial charge in [0.1, 0.15) is 0 Å². The molecule has 0 spiro atoms. The van der Waals surface area contributed by atoms with Crippen LogP contribution in [0.25, 0.3) is 0 Å². The average Bonchev–Trinajstić information content (AvgIpc) is 2.10. The molecule has 1 amide bonds. The Labute approximate surface area is 86.1 Å². The standard InChI is InChI=1S/C10H22N2O2/c1-8(2)12-10(14)7-11-9(3)5-4-6-13/h8-9,11,13H,4-7H2,1-3H3,(H,12,14). The van der Waals surface area contributed by atoms with Gasteiger partial charge in [-0.3, -0.25) is 4.79 Å². The second-order valence-electron chi connectivity index (χ2n) is 3.87. The lowest BCUT2D eigenvalue weighted by Crippen LogP contribution is -2.40. The maximum atomic E-state index is 11.2. The van der Waals surface area contributed by atoms with E-state index in [0.717, 1.165) is 12.8 Å². The number of nitrogens with one attached hydrogen (secondary N) is 2. The molecule has 0 aromatic heterocycles. The number of carbonyl (C=O) groups excluding carboxylic acids is 1. The van der Waals surface area contributed by atoms with Crippen molar-refractivity contribution in [2.45, 2.75) is 45.7 Å². The van der Waals surface area contributed by atoms with Gasteiger partial charge >= 0.3 is 0 Å². The first kappa shape index (κ1) is 13.4. The molecule has 0 saturated carbocycles. The third-order valence-electron chi connectivity index (χ3n) is 1.86. The summed E-state index contributed by atoms with van der Waals surface area (Å²) in [5, 5.41) is 14.5. The minimum atomic E-state index is 0.0239. The second-order valence-corrected chi connectivity index (χ2v) is 3.87. The fourth-order valence-electron chi connectivity index (χ4n) is 1.14. The molecule has 0 rings (SSSR count). The largest absolute Gasteiger partial charge is 0.396 e. The van der Waals surface area contributed by atoms with Crippen LogP contribution in [0, 0.1) is 0 Å². The van der Waals surface area contributed by atoms with Gasteiger partial charge in [-0.2, -0.15) is 0 Å². The first-order valence-corrected chi connectivity index (χ1v) is 5.20. The van der Waals surface area contributed by atoms with Gasteiger partial charge in [0.2, 0.25) is 5.91 Å². The summed E-state index contributed by atoms with van der Waals surface area (Å²) < 4.78 is 0. The number of hydrogen-bond acceptors (Lipinski definition) is 3. The number of hydrogen-bond donors (Lipinski definition) is 3. The molecule has 0 radical (unpaired) electrons. The molecule has 0 saturated heterocycles. The zero-order chi connectivity index (χ0) is 11.0. The van der Waals surface area contributed by atoms with E-state index in [1.807, 2.05) is 20.8 Å². The van der Waals surface area contributed by atoms with Crippen molar-refractivity contribution in [3.63, 3.8) is 0 Å².